The SMILES string of the molecule is CCCCCOc1ccc(C(N)C(=O)OCC)cc1. The monoisotopic (exact) mass is 265 g/mol. The molecule has 4 nitrogen and oxygen atoms in total. The molecular weight excluding hydrogens is 242 g/mol. The van der Waals surface area contributed by atoms with E-state index in [0.717, 1.165) is 24.3 Å². The van der Waals surface area contributed by atoms with Crippen molar-refractivity contribution in [3.05, 3.63) is 29.8 Å². The second kappa shape index (κ2) is 8.53. The molecule has 1 unspecified atom stereocenters. The number of carbonyl (C=O) groups excluding carboxylic acids is 1. The molecule has 1 aromatic rings. The summed E-state index contributed by atoms with van der Waals surface area (Å²) in [6.45, 7) is 4.98. The first kappa shape index (κ1) is 15.5. The van der Waals surface area contributed by atoms with E-state index in [4.69, 9.17) is 15.2 Å². The third kappa shape index (κ3) is 5.30. The van der Waals surface area contributed by atoms with Gasteiger partial charge in [-0.3, -0.25) is 0 Å². The second-order valence-corrected chi connectivity index (χ2v) is 4.35. The largest absolute Gasteiger partial charge is 0.494 e. The highest BCUT2D eigenvalue weighted by Gasteiger charge is 2.16. The van der Waals surface area contributed by atoms with Crippen molar-refractivity contribution in [3.63, 3.8) is 0 Å². The van der Waals surface area contributed by atoms with Crippen molar-refractivity contribution in [3.8, 4) is 5.75 Å². The number of esters is 1. The van der Waals surface area contributed by atoms with E-state index in [1.807, 2.05) is 12.1 Å². The zero-order valence-corrected chi connectivity index (χ0v) is 11.7. The van der Waals surface area contributed by atoms with Crippen LogP contribution in [0.5, 0.6) is 5.75 Å². The van der Waals surface area contributed by atoms with E-state index in [-0.39, 0.29) is 0 Å². The smallest absolute Gasteiger partial charge is 0.327 e. The van der Waals surface area contributed by atoms with Crippen molar-refractivity contribution in [1.29, 1.82) is 0 Å². The summed E-state index contributed by atoms with van der Waals surface area (Å²) in [6.07, 6.45) is 3.41. The first-order chi connectivity index (χ1) is 9.19. The number of carbonyl (C=O) groups is 1. The first-order valence-corrected chi connectivity index (χ1v) is 6.84. The summed E-state index contributed by atoms with van der Waals surface area (Å²) in [5, 5.41) is 0. The Morgan fingerprint density at radius 1 is 1.21 bits per heavy atom. The van der Waals surface area contributed by atoms with E-state index in [2.05, 4.69) is 6.92 Å². The third-order valence-corrected chi connectivity index (χ3v) is 2.80. The van der Waals surface area contributed by atoms with Crippen LogP contribution in [0.25, 0.3) is 0 Å². The number of unbranched alkanes of at least 4 members (excludes halogenated alkanes) is 2. The van der Waals surface area contributed by atoms with Crippen molar-refractivity contribution < 1.29 is 14.3 Å². The predicted octanol–water partition coefficient (Wildman–Crippen LogP) is 2.82. The molecule has 19 heavy (non-hydrogen) atoms. The third-order valence-electron chi connectivity index (χ3n) is 2.80. The second-order valence-electron chi connectivity index (χ2n) is 4.35. The average molecular weight is 265 g/mol. The molecule has 0 aliphatic carbocycles. The van der Waals surface area contributed by atoms with Crippen LogP contribution in [0, 0.1) is 0 Å². The minimum Gasteiger partial charge on any atom is -0.494 e. The molecule has 0 saturated heterocycles. The quantitative estimate of drug-likeness (QED) is 0.580. The number of hydrogen-bond acceptors (Lipinski definition) is 4. The molecule has 0 heterocycles. The van der Waals surface area contributed by atoms with Crippen LogP contribution in [0.15, 0.2) is 24.3 Å². The summed E-state index contributed by atoms with van der Waals surface area (Å²) >= 11 is 0. The molecule has 0 aliphatic rings. The van der Waals surface area contributed by atoms with Gasteiger partial charge in [-0.05, 0) is 31.0 Å². The zero-order chi connectivity index (χ0) is 14.1. The van der Waals surface area contributed by atoms with Crippen molar-refractivity contribution in [1.82, 2.24) is 0 Å². The van der Waals surface area contributed by atoms with Gasteiger partial charge in [0.2, 0.25) is 0 Å². The maximum absolute atomic E-state index is 11.5. The van der Waals surface area contributed by atoms with Crippen LogP contribution >= 0.6 is 0 Å². The summed E-state index contributed by atoms with van der Waals surface area (Å²) in [6, 6.07) is 6.54. The lowest BCUT2D eigenvalue weighted by Gasteiger charge is -2.12. The Labute approximate surface area is 114 Å². The van der Waals surface area contributed by atoms with Gasteiger partial charge in [-0.15, -0.1) is 0 Å². The Kier molecular flexibility index (Phi) is 6.97. The molecule has 0 saturated carbocycles. The highest BCUT2D eigenvalue weighted by molar-refractivity contribution is 5.77. The molecule has 2 N–H and O–H groups in total. The lowest BCUT2D eigenvalue weighted by molar-refractivity contribution is -0.144. The number of rotatable bonds is 8. The van der Waals surface area contributed by atoms with Crippen LogP contribution in [0.3, 0.4) is 0 Å². The highest BCUT2D eigenvalue weighted by atomic mass is 16.5. The topological polar surface area (TPSA) is 61.5 Å². The number of benzene rings is 1. The Morgan fingerprint density at radius 3 is 2.47 bits per heavy atom. The predicted molar refractivity (Wildman–Crippen MR) is 75.0 cm³/mol. The van der Waals surface area contributed by atoms with Gasteiger partial charge in [0.05, 0.1) is 13.2 Å². The summed E-state index contributed by atoms with van der Waals surface area (Å²) in [7, 11) is 0. The van der Waals surface area contributed by atoms with Gasteiger partial charge in [-0.2, -0.15) is 0 Å². The Hall–Kier alpha value is -1.55. The summed E-state index contributed by atoms with van der Waals surface area (Å²) < 4.78 is 10.5. The van der Waals surface area contributed by atoms with Gasteiger partial charge in [0, 0.05) is 0 Å². The Balaban J connectivity index is 2.48. The van der Waals surface area contributed by atoms with Gasteiger partial charge < -0.3 is 15.2 Å². The molecule has 0 aromatic heterocycles. The van der Waals surface area contributed by atoms with Gasteiger partial charge in [-0.1, -0.05) is 31.9 Å². The highest BCUT2D eigenvalue weighted by Crippen LogP contribution is 2.17. The molecule has 1 rings (SSSR count). The van der Waals surface area contributed by atoms with Crippen molar-refractivity contribution in [2.45, 2.75) is 39.2 Å². The molecule has 0 amide bonds. The van der Waals surface area contributed by atoms with E-state index in [9.17, 15) is 4.79 Å². The average Bonchev–Trinajstić information content (AvgIpc) is 2.44. The maximum Gasteiger partial charge on any atom is 0.327 e. The molecule has 4 heteroatoms. The lowest BCUT2D eigenvalue weighted by Crippen LogP contribution is -2.23. The van der Waals surface area contributed by atoms with Gasteiger partial charge in [0.15, 0.2) is 0 Å². The van der Waals surface area contributed by atoms with Crippen LogP contribution in [0.2, 0.25) is 0 Å². The Bertz CT molecular complexity index is 375. The number of nitrogens with two attached hydrogens (primary N) is 1. The molecule has 1 aromatic carbocycles. The van der Waals surface area contributed by atoms with Gasteiger partial charge in [0.25, 0.3) is 0 Å². The minimum absolute atomic E-state index is 0.338. The van der Waals surface area contributed by atoms with E-state index in [1.54, 1.807) is 19.1 Å². The van der Waals surface area contributed by atoms with Crippen LogP contribution < -0.4 is 10.5 Å². The molecule has 0 radical (unpaired) electrons. The minimum atomic E-state index is -0.728. The van der Waals surface area contributed by atoms with E-state index in [1.165, 1.54) is 12.8 Å². The van der Waals surface area contributed by atoms with E-state index < -0.39 is 12.0 Å². The molecule has 1 atom stereocenters. The number of ether oxygens (including phenoxy) is 2. The molecule has 0 bridgehead atoms. The molecular formula is C15H23NO3. The number of hydrogen-bond donors (Lipinski definition) is 1. The van der Waals surface area contributed by atoms with Crippen LogP contribution in [-0.2, 0) is 9.53 Å². The molecule has 106 valence electrons. The fourth-order valence-corrected chi connectivity index (χ4v) is 1.68. The molecule has 0 aliphatic heterocycles. The van der Waals surface area contributed by atoms with Crippen LogP contribution in [0.1, 0.15) is 44.7 Å². The lowest BCUT2D eigenvalue weighted by atomic mass is 10.1. The molecule has 0 fully saturated rings. The van der Waals surface area contributed by atoms with Gasteiger partial charge in [-0.25, -0.2) is 4.79 Å². The van der Waals surface area contributed by atoms with Crippen LogP contribution in [0.4, 0.5) is 0 Å². The summed E-state index contributed by atoms with van der Waals surface area (Å²) in [5.74, 6) is 0.398. The van der Waals surface area contributed by atoms with Gasteiger partial charge >= 0.3 is 5.97 Å². The molecule has 0 spiro atoms. The first-order valence-electron chi connectivity index (χ1n) is 6.84. The summed E-state index contributed by atoms with van der Waals surface area (Å²) in [4.78, 5) is 11.5. The summed E-state index contributed by atoms with van der Waals surface area (Å²) in [5.41, 5.74) is 6.53. The van der Waals surface area contributed by atoms with Gasteiger partial charge in [0.1, 0.15) is 11.8 Å². The standard InChI is InChI=1S/C15H23NO3/c1-3-5-6-11-19-13-9-7-12(8-10-13)14(16)15(17)18-4-2/h7-10,14H,3-6,11,16H2,1-2H3. The fraction of sp³-hybridized carbons (Fsp3) is 0.533. The van der Waals surface area contributed by atoms with Crippen molar-refractivity contribution in [2.75, 3.05) is 13.2 Å². The zero-order valence-electron chi connectivity index (χ0n) is 11.7. The van der Waals surface area contributed by atoms with Crippen LogP contribution in [-0.4, -0.2) is 19.2 Å². The normalized spacial score (nSPS) is 11.9. The Morgan fingerprint density at radius 2 is 1.89 bits per heavy atom. The fourth-order valence-electron chi connectivity index (χ4n) is 1.68. The van der Waals surface area contributed by atoms with E-state index in [0.29, 0.717) is 6.61 Å². The van der Waals surface area contributed by atoms with Crippen molar-refractivity contribution >= 4 is 5.97 Å². The van der Waals surface area contributed by atoms with Crippen molar-refractivity contribution in [2.24, 2.45) is 5.73 Å². The maximum atomic E-state index is 11.5. The van der Waals surface area contributed by atoms with E-state index >= 15 is 0 Å².